The Labute approximate surface area is 174 Å². The second-order valence-electron chi connectivity index (χ2n) is 6.27. The lowest BCUT2D eigenvalue weighted by molar-refractivity contribution is 0.0605. The number of esters is 1. The number of carbonyl (C=O) groups is 1. The van der Waals surface area contributed by atoms with E-state index in [0.717, 1.165) is 45.1 Å². The molecule has 0 fully saturated rings. The Bertz CT molecular complexity index is 1000. The molecule has 0 amide bonds. The van der Waals surface area contributed by atoms with Crippen LogP contribution in [0.1, 0.15) is 34.6 Å². The summed E-state index contributed by atoms with van der Waals surface area (Å²) in [6.45, 7) is 7.65. The van der Waals surface area contributed by atoms with E-state index < -0.39 is 0 Å². The van der Waals surface area contributed by atoms with Crippen molar-refractivity contribution in [1.82, 2.24) is 9.97 Å². The zero-order chi connectivity index (χ0) is 20.8. The van der Waals surface area contributed by atoms with Gasteiger partial charge in [-0.1, -0.05) is 6.07 Å². The van der Waals surface area contributed by atoms with Crippen molar-refractivity contribution in [3.8, 4) is 11.5 Å². The van der Waals surface area contributed by atoms with Crippen LogP contribution in [0.15, 0.2) is 24.5 Å². The number of rotatable bonds is 9. The maximum absolute atomic E-state index is 12.0. The van der Waals surface area contributed by atoms with Gasteiger partial charge in [0.2, 0.25) is 0 Å². The lowest BCUT2D eigenvalue weighted by Crippen LogP contribution is -2.08. The number of ether oxygens (including phenoxy) is 3. The van der Waals surface area contributed by atoms with Crippen LogP contribution >= 0.6 is 11.3 Å². The summed E-state index contributed by atoms with van der Waals surface area (Å²) < 4.78 is 16.2. The zero-order valence-electron chi connectivity index (χ0n) is 17.1. The summed E-state index contributed by atoms with van der Waals surface area (Å²) in [6.07, 6.45) is 2.29. The molecule has 2 aromatic heterocycles. The summed E-state index contributed by atoms with van der Waals surface area (Å²) in [7, 11) is 1.38. The van der Waals surface area contributed by atoms with Crippen LogP contribution in [-0.2, 0) is 11.2 Å². The maximum Gasteiger partial charge on any atom is 0.348 e. The molecule has 0 saturated heterocycles. The first-order valence-corrected chi connectivity index (χ1v) is 10.3. The van der Waals surface area contributed by atoms with Crippen molar-refractivity contribution in [1.29, 1.82) is 0 Å². The molecule has 0 bridgehead atoms. The van der Waals surface area contributed by atoms with Gasteiger partial charge in [-0.15, -0.1) is 11.3 Å². The summed E-state index contributed by atoms with van der Waals surface area (Å²) in [5.74, 6) is 1.88. The summed E-state index contributed by atoms with van der Waals surface area (Å²) in [5.41, 5.74) is 1.96. The largest absolute Gasteiger partial charge is 0.490 e. The smallest absolute Gasteiger partial charge is 0.348 e. The highest BCUT2D eigenvalue weighted by Crippen LogP contribution is 2.33. The molecule has 0 saturated carbocycles. The van der Waals surface area contributed by atoms with Gasteiger partial charge < -0.3 is 19.5 Å². The molecule has 2 heterocycles. The van der Waals surface area contributed by atoms with E-state index in [-0.39, 0.29) is 5.97 Å². The van der Waals surface area contributed by atoms with Crippen LogP contribution in [0.4, 0.5) is 5.82 Å². The van der Waals surface area contributed by atoms with Crippen molar-refractivity contribution in [3.63, 3.8) is 0 Å². The van der Waals surface area contributed by atoms with Gasteiger partial charge in [-0.2, -0.15) is 0 Å². The van der Waals surface area contributed by atoms with Crippen molar-refractivity contribution in [2.24, 2.45) is 0 Å². The quantitative estimate of drug-likeness (QED) is 0.524. The molecule has 0 unspecified atom stereocenters. The van der Waals surface area contributed by atoms with E-state index in [9.17, 15) is 4.79 Å². The summed E-state index contributed by atoms with van der Waals surface area (Å²) in [4.78, 5) is 22.0. The molecule has 7 nitrogen and oxygen atoms in total. The van der Waals surface area contributed by atoms with Crippen molar-refractivity contribution >= 4 is 33.3 Å². The van der Waals surface area contributed by atoms with E-state index in [1.807, 2.05) is 39.0 Å². The monoisotopic (exact) mass is 415 g/mol. The highest BCUT2D eigenvalue weighted by atomic mass is 32.1. The Morgan fingerprint density at radius 3 is 2.62 bits per heavy atom. The van der Waals surface area contributed by atoms with Gasteiger partial charge in [0.1, 0.15) is 21.9 Å². The average molecular weight is 416 g/mol. The number of benzene rings is 1. The van der Waals surface area contributed by atoms with E-state index >= 15 is 0 Å². The second kappa shape index (κ2) is 9.56. The number of nitrogens with zero attached hydrogens (tertiary/aromatic N) is 2. The molecule has 8 heteroatoms. The standard InChI is InChI=1S/C21H25N3O4S/c1-5-27-15-8-7-14(11-16(15)28-6-2)9-10-22-19-17-13(3)18(21(25)26-4)29-20(17)24-12-23-19/h7-8,11-12H,5-6,9-10H2,1-4H3,(H,22,23,24). The second-order valence-corrected chi connectivity index (χ2v) is 7.27. The van der Waals surface area contributed by atoms with Crippen LogP contribution in [0.3, 0.4) is 0 Å². The van der Waals surface area contributed by atoms with Crippen LogP contribution < -0.4 is 14.8 Å². The third-order valence-corrected chi connectivity index (χ3v) is 5.59. The first-order valence-electron chi connectivity index (χ1n) is 9.53. The fourth-order valence-corrected chi connectivity index (χ4v) is 4.14. The third kappa shape index (κ3) is 4.59. The van der Waals surface area contributed by atoms with Crippen LogP contribution in [-0.4, -0.2) is 42.8 Å². The van der Waals surface area contributed by atoms with E-state index in [0.29, 0.717) is 24.6 Å². The van der Waals surface area contributed by atoms with Gasteiger partial charge in [0.25, 0.3) is 0 Å². The first-order chi connectivity index (χ1) is 14.1. The van der Waals surface area contributed by atoms with Gasteiger partial charge in [-0.05, 0) is 50.5 Å². The van der Waals surface area contributed by atoms with E-state index in [4.69, 9.17) is 14.2 Å². The number of thiophene rings is 1. The number of hydrogen-bond acceptors (Lipinski definition) is 8. The topological polar surface area (TPSA) is 82.6 Å². The molecular weight excluding hydrogens is 390 g/mol. The lowest BCUT2D eigenvalue weighted by Gasteiger charge is -2.13. The van der Waals surface area contributed by atoms with E-state index in [2.05, 4.69) is 15.3 Å². The fourth-order valence-electron chi connectivity index (χ4n) is 3.07. The number of aromatic nitrogens is 2. The Morgan fingerprint density at radius 1 is 1.14 bits per heavy atom. The van der Waals surface area contributed by atoms with Crippen LogP contribution in [0.5, 0.6) is 11.5 Å². The average Bonchev–Trinajstić information content (AvgIpc) is 3.07. The first kappa shape index (κ1) is 20.9. The van der Waals surface area contributed by atoms with Crippen LogP contribution in [0.25, 0.3) is 10.2 Å². The Hall–Kier alpha value is -2.87. The minimum atomic E-state index is -0.353. The van der Waals surface area contributed by atoms with Gasteiger partial charge >= 0.3 is 5.97 Å². The molecule has 29 heavy (non-hydrogen) atoms. The van der Waals surface area contributed by atoms with E-state index in [1.165, 1.54) is 24.8 Å². The SMILES string of the molecule is CCOc1ccc(CCNc2ncnc3sc(C(=O)OC)c(C)c23)cc1OCC. The van der Waals surface area contributed by atoms with E-state index in [1.54, 1.807) is 0 Å². The van der Waals surface area contributed by atoms with Gasteiger partial charge in [0.05, 0.1) is 25.7 Å². The van der Waals surface area contributed by atoms with Crippen molar-refractivity contribution in [2.45, 2.75) is 27.2 Å². The highest BCUT2D eigenvalue weighted by molar-refractivity contribution is 7.20. The minimum Gasteiger partial charge on any atom is -0.490 e. The molecule has 0 spiro atoms. The van der Waals surface area contributed by atoms with Crippen molar-refractivity contribution in [2.75, 3.05) is 32.2 Å². The number of aryl methyl sites for hydroxylation is 1. The molecule has 1 aromatic carbocycles. The fraction of sp³-hybridized carbons (Fsp3) is 0.381. The Balaban J connectivity index is 1.75. The van der Waals surface area contributed by atoms with Crippen LogP contribution in [0, 0.1) is 6.92 Å². The number of nitrogens with one attached hydrogen (secondary N) is 1. The van der Waals surface area contributed by atoms with Gasteiger partial charge in [0.15, 0.2) is 11.5 Å². The number of anilines is 1. The van der Waals surface area contributed by atoms with Gasteiger partial charge in [0, 0.05) is 6.54 Å². The molecule has 3 rings (SSSR count). The normalized spacial score (nSPS) is 10.8. The molecule has 0 aliphatic rings. The molecule has 3 aromatic rings. The number of hydrogen-bond donors (Lipinski definition) is 1. The van der Waals surface area contributed by atoms with Crippen molar-refractivity contribution < 1.29 is 19.0 Å². The van der Waals surface area contributed by atoms with Crippen LogP contribution in [0.2, 0.25) is 0 Å². The Morgan fingerprint density at radius 2 is 1.90 bits per heavy atom. The summed E-state index contributed by atoms with van der Waals surface area (Å²) in [5, 5.41) is 4.23. The predicted molar refractivity (Wildman–Crippen MR) is 114 cm³/mol. The minimum absolute atomic E-state index is 0.353. The molecule has 0 atom stereocenters. The number of fused-ring (bicyclic) bond motifs is 1. The molecule has 0 radical (unpaired) electrons. The highest BCUT2D eigenvalue weighted by Gasteiger charge is 2.19. The molecule has 0 aliphatic heterocycles. The zero-order valence-corrected chi connectivity index (χ0v) is 17.9. The van der Waals surface area contributed by atoms with Gasteiger partial charge in [-0.3, -0.25) is 0 Å². The summed E-state index contributed by atoms with van der Waals surface area (Å²) >= 11 is 1.32. The molecule has 0 aliphatic carbocycles. The predicted octanol–water partition coefficient (Wildman–Crippen LogP) is 4.24. The van der Waals surface area contributed by atoms with Gasteiger partial charge in [-0.25, -0.2) is 14.8 Å². The van der Waals surface area contributed by atoms with Crippen molar-refractivity contribution in [3.05, 3.63) is 40.5 Å². The number of methoxy groups -OCH3 is 1. The lowest BCUT2D eigenvalue weighted by atomic mass is 10.1. The maximum atomic E-state index is 12.0. The Kier molecular flexibility index (Phi) is 6.87. The third-order valence-electron chi connectivity index (χ3n) is 4.41. The molecule has 1 N–H and O–H groups in total. The molecule has 154 valence electrons. The molecular formula is C21H25N3O4S. The summed E-state index contributed by atoms with van der Waals surface area (Å²) in [6, 6.07) is 5.99. The number of carbonyl (C=O) groups excluding carboxylic acids is 1.